The van der Waals surface area contributed by atoms with Crippen LogP contribution in [0.3, 0.4) is 0 Å². The van der Waals surface area contributed by atoms with E-state index in [4.69, 9.17) is 14.0 Å². The van der Waals surface area contributed by atoms with Crippen LogP contribution < -0.4 is 0 Å². The fourth-order valence-electron chi connectivity index (χ4n) is 1.00. The van der Waals surface area contributed by atoms with E-state index in [2.05, 4.69) is 10.1 Å². The number of rotatable bonds is 6. The third kappa shape index (κ3) is 3.67. The molecule has 15 heavy (non-hydrogen) atoms. The molecule has 0 aliphatic rings. The van der Waals surface area contributed by atoms with Gasteiger partial charge in [0.15, 0.2) is 0 Å². The molecule has 1 heterocycles. The van der Waals surface area contributed by atoms with Gasteiger partial charge in [-0.25, -0.2) is 4.79 Å². The van der Waals surface area contributed by atoms with Crippen molar-refractivity contribution in [2.75, 3.05) is 20.3 Å². The van der Waals surface area contributed by atoms with E-state index in [1.54, 1.807) is 14.0 Å². The van der Waals surface area contributed by atoms with E-state index in [1.807, 2.05) is 0 Å². The molecule has 1 aromatic heterocycles. The van der Waals surface area contributed by atoms with Crippen LogP contribution in [0.15, 0.2) is 4.52 Å². The van der Waals surface area contributed by atoms with Crippen LogP contribution in [0, 0.1) is 0 Å². The summed E-state index contributed by atoms with van der Waals surface area (Å²) in [6.07, 6.45) is 1.38. The van der Waals surface area contributed by atoms with Gasteiger partial charge in [0.05, 0.1) is 6.61 Å². The zero-order valence-electron chi connectivity index (χ0n) is 8.86. The summed E-state index contributed by atoms with van der Waals surface area (Å²) < 4.78 is 14.5. The van der Waals surface area contributed by atoms with Crippen LogP contribution >= 0.6 is 0 Å². The summed E-state index contributed by atoms with van der Waals surface area (Å²) in [7, 11) is 1.62. The molecule has 0 radical (unpaired) electrons. The molecule has 6 heteroatoms. The largest absolute Gasteiger partial charge is 0.460 e. The lowest BCUT2D eigenvalue weighted by molar-refractivity contribution is 0.0508. The van der Waals surface area contributed by atoms with Gasteiger partial charge in [0.25, 0.3) is 5.82 Å². The molecular formula is C9H14N2O4. The topological polar surface area (TPSA) is 74.5 Å². The Morgan fingerprint density at radius 3 is 3.00 bits per heavy atom. The highest BCUT2D eigenvalue weighted by molar-refractivity contribution is 5.84. The maximum atomic E-state index is 11.2. The smallest absolute Gasteiger partial charge is 0.379 e. The van der Waals surface area contributed by atoms with Gasteiger partial charge >= 0.3 is 5.97 Å². The van der Waals surface area contributed by atoms with Gasteiger partial charge in [-0.15, -0.1) is 0 Å². The number of nitrogens with zero attached hydrogens (tertiary/aromatic N) is 2. The molecule has 84 valence electrons. The van der Waals surface area contributed by atoms with Crippen LogP contribution in [0.5, 0.6) is 0 Å². The van der Waals surface area contributed by atoms with Crippen molar-refractivity contribution in [3.05, 3.63) is 11.7 Å². The van der Waals surface area contributed by atoms with Crippen molar-refractivity contribution >= 4 is 5.97 Å². The molecule has 0 fully saturated rings. The van der Waals surface area contributed by atoms with Crippen molar-refractivity contribution in [1.82, 2.24) is 10.1 Å². The summed E-state index contributed by atoms with van der Waals surface area (Å²) in [4.78, 5) is 15.0. The fraction of sp³-hybridized carbons (Fsp3) is 0.667. The number of aryl methyl sites for hydroxylation is 1. The van der Waals surface area contributed by atoms with E-state index in [9.17, 15) is 4.79 Å². The van der Waals surface area contributed by atoms with Crippen molar-refractivity contribution < 1.29 is 18.8 Å². The highest BCUT2D eigenvalue weighted by Gasteiger charge is 2.14. The first-order valence-corrected chi connectivity index (χ1v) is 4.76. The number of carbonyl (C=O) groups excluding carboxylic acids is 1. The highest BCUT2D eigenvalue weighted by atomic mass is 16.5. The van der Waals surface area contributed by atoms with E-state index in [0.29, 0.717) is 25.5 Å². The quantitative estimate of drug-likeness (QED) is 0.515. The summed E-state index contributed by atoms with van der Waals surface area (Å²) in [6, 6.07) is 0. The molecule has 0 bridgehead atoms. The monoisotopic (exact) mass is 214 g/mol. The number of ether oxygens (including phenoxy) is 2. The third-order valence-corrected chi connectivity index (χ3v) is 1.67. The summed E-state index contributed by atoms with van der Waals surface area (Å²) in [5, 5.41) is 3.51. The van der Waals surface area contributed by atoms with Gasteiger partial charge in [0, 0.05) is 20.1 Å². The van der Waals surface area contributed by atoms with E-state index < -0.39 is 5.97 Å². The lowest BCUT2D eigenvalue weighted by Crippen LogP contribution is -2.06. The average molecular weight is 214 g/mol. The van der Waals surface area contributed by atoms with Crippen molar-refractivity contribution in [1.29, 1.82) is 0 Å². The minimum Gasteiger partial charge on any atom is -0.460 e. The molecular weight excluding hydrogens is 200 g/mol. The molecule has 0 N–H and O–H groups in total. The lowest BCUT2D eigenvalue weighted by atomic mass is 10.3. The predicted molar refractivity (Wildman–Crippen MR) is 50.5 cm³/mol. The van der Waals surface area contributed by atoms with Crippen molar-refractivity contribution in [2.24, 2.45) is 0 Å². The lowest BCUT2D eigenvalue weighted by Gasteiger charge is -1.94. The van der Waals surface area contributed by atoms with Gasteiger partial charge in [0.1, 0.15) is 0 Å². The Morgan fingerprint density at radius 2 is 2.33 bits per heavy atom. The molecule has 1 aromatic rings. The predicted octanol–water partition coefficient (Wildman–Crippen LogP) is 0.825. The van der Waals surface area contributed by atoms with E-state index in [1.165, 1.54) is 0 Å². The van der Waals surface area contributed by atoms with E-state index in [-0.39, 0.29) is 5.82 Å². The zero-order valence-corrected chi connectivity index (χ0v) is 8.86. The number of hydrogen-bond acceptors (Lipinski definition) is 6. The normalized spacial score (nSPS) is 10.3. The van der Waals surface area contributed by atoms with Crippen molar-refractivity contribution in [3.63, 3.8) is 0 Å². The van der Waals surface area contributed by atoms with Crippen LogP contribution in [0.25, 0.3) is 0 Å². The SMILES string of the molecule is CCOC(=O)c1noc(CCCOC)n1. The first kappa shape index (κ1) is 11.6. The van der Waals surface area contributed by atoms with Gasteiger partial charge < -0.3 is 14.0 Å². The van der Waals surface area contributed by atoms with Gasteiger partial charge in [-0.3, -0.25) is 0 Å². The number of esters is 1. The van der Waals surface area contributed by atoms with Gasteiger partial charge in [0.2, 0.25) is 5.89 Å². The van der Waals surface area contributed by atoms with Gasteiger partial charge in [-0.1, -0.05) is 0 Å². The van der Waals surface area contributed by atoms with Crippen LogP contribution in [-0.2, 0) is 15.9 Å². The Hall–Kier alpha value is -1.43. The van der Waals surface area contributed by atoms with Crippen LogP contribution in [-0.4, -0.2) is 36.4 Å². The Kier molecular flexibility index (Phi) is 4.76. The molecule has 6 nitrogen and oxygen atoms in total. The minimum absolute atomic E-state index is 0.0238. The Bertz CT molecular complexity index is 311. The summed E-state index contributed by atoms with van der Waals surface area (Å²) in [5.74, 6) is -0.154. The second-order valence-electron chi connectivity index (χ2n) is 2.83. The summed E-state index contributed by atoms with van der Waals surface area (Å²) >= 11 is 0. The molecule has 0 aromatic carbocycles. The van der Waals surface area contributed by atoms with Crippen molar-refractivity contribution in [2.45, 2.75) is 19.8 Å². The summed E-state index contributed by atoms with van der Waals surface area (Å²) in [5.41, 5.74) is 0. The van der Waals surface area contributed by atoms with Crippen LogP contribution in [0.2, 0.25) is 0 Å². The van der Waals surface area contributed by atoms with E-state index >= 15 is 0 Å². The standard InChI is InChI=1S/C9H14N2O4/c1-3-14-9(12)8-10-7(15-11-8)5-4-6-13-2/h3-6H2,1-2H3. The van der Waals surface area contributed by atoms with Gasteiger partial charge in [-0.2, -0.15) is 4.98 Å². The number of aromatic nitrogens is 2. The Morgan fingerprint density at radius 1 is 1.53 bits per heavy atom. The molecule has 0 saturated carbocycles. The zero-order chi connectivity index (χ0) is 11.1. The molecule has 0 unspecified atom stereocenters. The fourth-order valence-corrected chi connectivity index (χ4v) is 1.00. The molecule has 0 aliphatic heterocycles. The molecule has 0 aliphatic carbocycles. The Labute approximate surface area is 87.6 Å². The number of carbonyl (C=O) groups is 1. The van der Waals surface area contributed by atoms with Gasteiger partial charge in [-0.05, 0) is 18.5 Å². The molecule has 0 atom stereocenters. The average Bonchev–Trinajstić information content (AvgIpc) is 2.67. The number of hydrogen-bond donors (Lipinski definition) is 0. The van der Waals surface area contributed by atoms with E-state index in [0.717, 1.165) is 6.42 Å². The highest BCUT2D eigenvalue weighted by Crippen LogP contribution is 2.02. The summed E-state index contributed by atoms with van der Waals surface area (Å²) in [6.45, 7) is 2.64. The maximum Gasteiger partial charge on any atom is 0.379 e. The molecule has 0 spiro atoms. The maximum absolute atomic E-state index is 11.2. The van der Waals surface area contributed by atoms with Crippen LogP contribution in [0.4, 0.5) is 0 Å². The minimum atomic E-state index is -0.556. The van der Waals surface area contributed by atoms with Crippen molar-refractivity contribution in [3.8, 4) is 0 Å². The second-order valence-corrected chi connectivity index (χ2v) is 2.83. The number of methoxy groups -OCH3 is 1. The molecule has 1 rings (SSSR count). The first-order chi connectivity index (χ1) is 7.27. The van der Waals surface area contributed by atoms with Crippen LogP contribution in [0.1, 0.15) is 29.9 Å². The second kappa shape index (κ2) is 6.13. The molecule has 0 amide bonds. The molecule has 0 saturated heterocycles. The Balaban J connectivity index is 2.45. The third-order valence-electron chi connectivity index (χ3n) is 1.67. The first-order valence-electron chi connectivity index (χ1n) is 4.76.